The summed E-state index contributed by atoms with van der Waals surface area (Å²) in [6.07, 6.45) is 0.979. The fourth-order valence-corrected chi connectivity index (χ4v) is 3.10. The van der Waals surface area contributed by atoms with Crippen molar-refractivity contribution in [1.82, 2.24) is 10.6 Å². The second kappa shape index (κ2) is 9.19. The smallest absolute Gasteiger partial charge is 0.426 e. The second-order valence-corrected chi connectivity index (χ2v) is 7.39. The monoisotopic (exact) mass is 379 g/mol. The Balaban J connectivity index is 1.87. The Morgan fingerprint density at radius 2 is 2.07 bits per heavy atom. The lowest BCUT2D eigenvalue weighted by atomic mass is 9.75. The lowest BCUT2D eigenvalue weighted by Gasteiger charge is -2.41. The van der Waals surface area contributed by atoms with Gasteiger partial charge in [0.2, 0.25) is 11.8 Å². The number of anilines is 1. The van der Waals surface area contributed by atoms with Crippen molar-refractivity contribution in [1.29, 1.82) is 0 Å². The lowest BCUT2D eigenvalue weighted by Crippen LogP contribution is -2.58. The molecule has 7 nitrogen and oxygen atoms in total. The molecule has 1 saturated heterocycles. The van der Waals surface area contributed by atoms with E-state index in [-0.39, 0.29) is 24.2 Å². The molecular weight excluding hydrogens is 352 g/mol. The maximum absolute atomic E-state index is 14.1. The van der Waals surface area contributed by atoms with Crippen molar-refractivity contribution in [2.45, 2.75) is 45.6 Å². The number of halogens is 1. The van der Waals surface area contributed by atoms with Gasteiger partial charge in [-0.2, -0.15) is 0 Å². The Bertz CT molecular complexity index is 687. The zero-order valence-corrected chi connectivity index (χ0v) is 15.9. The molecule has 1 aromatic carbocycles. The minimum atomic E-state index is -1.67. The summed E-state index contributed by atoms with van der Waals surface area (Å²) >= 11 is 0. The number of nitrogens with one attached hydrogen (secondary N) is 2. The van der Waals surface area contributed by atoms with E-state index in [0.717, 1.165) is 5.56 Å². The van der Waals surface area contributed by atoms with Crippen LogP contribution in [0.2, 0.25) is 0 Å². The molecule has 0 aliphatic carbocycles. The van der Waals surface area contributed by atoms with Crippen molar-refractivity contribution in [2.24, 2.45) is 5.92 Å². The van der Waals surface area contributed by atoms with Gasteiger partial charge in [0.15, 0.2) is 0 Å². The van der Waals surface area contributed by atoms with Gasteiger partial charge < -0.3 is 25.6 Å². The van der Waals surface area contributed by atoms with E-state index in [2.05, 4.69) is 10.6 Å². The third-order valence-corrected chi connectivity index (χ3v) is 4.59. The molecule has 2 amide bonds. The lowest BCUT2D eigenvalue weighted by molar-refractivity contribution is -0.127. The highest BCUT2D eigenvalue weighted by atomic mass is 19.1. The summed E-state index contributed by atoms with van der Waals surface area (Å²) in [5, 5.41) is 23.7. The average molecular weight is 379 g/mol. The first-order valence-electron chi connectivity index (χ1n) is 9.15. The SMILES string of the molecule is Cc1ccc(N2CC[C@H]2C(=O)NCC(=O)NC(CC(C)C)B(O)O)c(F)c1. The zero-order valence-electron chi connectivity index (χ0n) is 15.9. The van der Waals surface area contributed by atoms with E-state index in [1.54, 1.807) is 24.0 Å². The van der Waals surface area contributed by atoms with Crippen molar-refractivity contribution in [3.8, 4) is 0 Å². The highest BCUT2D eigenvalue weighted by Gasteiger charge is 2.36. The zero-order chi connectivity index (χ0) is 20.1. The Labute approximate surface area is 159 Å². The third-order valence-electron chi connectivity index (χ3n) is 4.59. The largest absolute Gasteiger partial charge is 0.475 e. The molecule has 0 bridgehead atoms. The molecule has 1 heterocycles. The minimum absolute atomic E-state index is 0.166. The summed E-state index contributed by atoms with van der Waals surface area (Å²) in [5.74, 6) is -1.87. The van der Waals surface area contributed by atoms with E-state index in [1.165, 1.54) is 6.07 Å². The first kappa shape index (κ1) is 21.2. The van der Waals surface area contributed by atoms with Crippen LogP contribution < -0.4 is 15.5 Å². The fourth-order valence-electron chi connectivity index (χ4n) is 3.10. The van der Waals surface area contributed by atoms with E-state index in [0.29, 0.717) is 25.1 Å². The number of carbonyl (C=O) groups is 2. The van der Waals surface area contributed by atoms with Gasteiger partial charge in [-0.3, -0.25) is 9.59 Å². The molecule has 0 saturated carbocycles. The first-order chi connectivity index (χ1) is 12.7. The molecule has 1 unspecified atom stereocenters. The Morgan fingerprint density at radius 3 is 2.59 bits per heavy atom. The molecule has 1 aliphatic heterocycles. The van der Waals surface area contributed by atoms with Crippen molar-refractivity contribution in [3.63, 3.8) is 0 Å². The number of hydrogen-bond donors (Lipinski definition) is 4. The van der Waals surface area contributed by atoms with E-state index in [4.69, 9.17) is 0 Å². The number of amides is 2. The standard InChI is InChI=1S/C18H27BFN3O4/c1-11(2)8-16(19(26)27)22-17(24)10-21-18(25)15-6-7-23(15)14-5-4-12(3)9-13(14)20/h4-5,9,11,15-16,26-27H,6-8,10H2,1-3H3,(H,21,25)(H,22,24)/t15-,16?/m0/s1. The highest BCUT2D eigenvalue weighted by molar-refractivity contribution is 6.43. The normalized spacial score (nSPS) is 17.3. The van der Waals surface area contributed by atoms with Gasteiger partial charge in [0.25, 0.3) is 0 Å². The Kier molecular flexibility index (Phi) is 7.21. The summed E-state index contributed by atoms with van der Waals surface area (Å²) in [7, 11) is -1.67. The Hall–Kier alpha value is -2.13. The number of aryl methyl sites for hydroxylation is 1. The van der Waals surface area contributed by atoms with E-state index >= 15 is 0 Å². The predicted octanol–water partition coefficient (Wildman–Crippen LogP) is 0.372. The van der Waals surface area contributed by atoms with Gasteiger partial charge in [0.1, 0.15) is 11.9 Å². The molecule has 1 aliphatic rings. The van der Waals surface area contributed by atoms with E-state index < -0.39 is 25.0 Å². The van der Waals surface area contributed by atoms with Gasteiger partial charge in [0.05, 0.1) is 18.2 Å². The highest BCUT2D eigenvalue weighted by Crippen LogP contribution is 2.29. The predicted molar refractivity (Wildman–Crippen MR) is 101 cm³/mol. The van der Waals surface area contributed by atoms with Gasteiger partial charge in [0, 0.05) is 6.54 Å². The topological polar surface area (TPSA) is 102 Å². The summed E-state index contributed by atoms with van der Waals surface area (Å²) < 4.78 is 14.1. The van der Waals surface area contributed by atoms with Crippen LogP contribution in [0.1, 0.15) is 32.3 Å². The maximum atomic E-state index is 14.1. The van der Waals surface area contributed by atoms with Gasteiger partial charge in [-0.05, 0) is 43.4 Å². The maximum Gasteiger partial charge on any atom is 0.475 e. The van der Waals surface area contributed by atoms with Gasteiger partial charge in [-0.1, -0.05) is 19.9 Å². The number of rotatable bonds is 8. The molecule has 0 aromatic heterocycles. The third kappa shape index (κ3) is 5.67. The second-order valence-electron chi connectivity index (χ2n) is 7.39. The van der Waals surface area contributed by atoms with Crippen LogP contribution in [0.3, 0.4) is 0 Å². The summed E-state index contributed by atoms with van der Waals surface area (Å²) in [4.78, 5) is 26.0. The van der Waals surface area contributed by atoms with Crippen LogP contribution in [0, 0.1) is 18.7 Å². The molecule has 2 atom stereocenters. The van der Waals surface area contributed by atoms with Crippen LogP contribution in [0.15, 0.2) is 18.2 Å². The molecule has 148 valence electrons. The molecule has 0 spiro atoms. The average Bonchev–Trinajstić information content (AvgIpc) is 2.53. The number of carbonyl (C=O) groups excluding carboxylic acids is 2. The molecule has 2 rings (SSSR count). The van der Waals surface area contributed by atoms with Crippen LogP contribution in [0.4, 0.5) is 10.1 Å². The molecule has 1 aromatic rings. The van der Waals surface area contributed by atoms with Crippen LogP contribution in [-0.4, -0.2) is 54.1 Å². The van der Waals surface area contributed by atoms with Crippen molar-refractivity contribution < 1.29 is 24.0 Å². The van der Waals surface area contributed by atoms with Crippen LogP contribution in [-0.2, 0) is 9.59 Å². The van der Waals surface area contributed by atoms with Crippen LogP contribution >= 0.6 is 0 Å². The van der Waals surface area contributed by atoms with Crippen LogP contribution in [0.5, 0.6) is 0 Å². The van der Waals surface area contributed by atoms with Crippen LogP contribution in [0.25, 0.3) is 0 Å². The summed E-state index contributed by atoms with van der Waals surface area (Å²) in [6, 6.07) is 4.33. The molecule has 27 heavy (non-hydrogen) atoms. The fraction of sp³-hybridized carbons (Fsp3) is 0.556. The van der Waals surface area contributed by atoms with E-state index in [9.17, 15) is 24.0 Å². The van der Waals surface area contributed by atoms with Crippen molar-refractivity contribution in [2.75, 3.05) is 18.0 Å². The molecular formula is C18H27BFN3O4. The number of benzene rings is 1. The molecule has 0 radical (unpaired) electrons. The quantitative estimate of drug-likeness (QED) is 0.489. The Morgan fingerprint density at radius 1 is 1.37 bits per heavy atom. The summed E-state index contributed by atoms with van der Waals surface area (Å²) in [6.45, 7) is 5.89. The van der Waals surface area contributed by atoms with Crippen molar-refractivity contribution in [3.05, 3.63) is 29.6 Å². The number of hydrogen-bond acceptors (Lipinski definition) is 5. The van der Waals surface area contributed by atoms with Crippen molar-refractivity contribution >= 4 is 24.6 Å². The number of nitrogens with zero attached hydrogens (tertiary/aromatic N) is 1. The van der Waals surface area contributed by atoms with Gasteiger partial charge >= 0.3 is 7.12 Å². The van der Waals surface area contributed by atoms with Gasteiger partial charge in [-0.25, -0.2) is 4.39 Å². The van der Waals surface area contributed by atoms with Gasteiger partial charge in [-0.15, -0.1) is 0 Å². The molecule has 4 N–H and O–H groups in total. The minimum Gasteiger partial charge on any atom is -0.426 e. The van der Waals surface area contributed by atoms with E-state index in [1.807, 2.05) is 13.8 Å². The first-order valence-corrected chi connectivity index (χ1v) is 9.15. The molecule has 9 heteroatoms. The molecule has 1 fully saturated rings. The summed E-state index contributed by atoms with van der Waals surface area (Å²) in [5.41, 5.74) is 1.17.